The van der Waals surface area contributed by atoms with Crippen molar-refractivity contribution in [2.75, 3.05) is 26.1 Å². The number of imidazole rings is 1. The molecule has 2 N–H and O–H groups in total. The molecule has 136 valence electrons. The molecule has 0 unspecified atom stereocenters. The smallest absolute Gasteiger partial charge is 0.167 e. The molecule has 3 aromatic rings. The monoisotopic (exact) mass is 355 g/mol. The van der Waals surface area contributed by atoms with Crippen LogP contribution in [0.4, 0.5) is 5.82 Å². The Morgan fingerprint density at radius 2 is 2.00 bits per heavy atom. The molecule has 0 saturated carbocycles. The lowest BCUT2D eigenvalue weighted by Gasteiger charge is -2.44. The van der Waals surface area contributed by atoms with Crippen molar-refractivity contribution in [3.63, 3.8) is 0 Å². The first-order valence-electron chi connectivity index (χ1n) is 8.47. The number of aromatic nitrogens is 4. The van der Waals surface area contributed by atoms with E-state index in [0.29, 0.717) is 36.8 Å². The Morgan fingerprint density at radius 1 is 1.15 bits per heavy atom. The molecule has 8 heteroatoms. The van der Waals surface area contributed by atoms with E-state index in [1.807, 2.05) is 34.9 Å². The minimum absolute atomic E-state index is 0.0414. The summed E-state index contributed by atoms with van der Waals surface area (Å²) in [6, 6.07) is 10.1. The zero-order valence-electron chi connectivity index (χ0n) is 14.5. The van der Waals surface area contributed by atoms with Crippen LogP contribution in [0.15, 0.2) is 43.0 Å². The van der Waals surface area contributed by atoms with E-state index in [9.17, 15) is 0 Å². The quantitative estimate of drug-likeness (QED) is 0.690. The number of nitrogens with zero attached hydrogens (tertiary/aromatic N) is 4. The molecule has 0 radical (unpaired) electrons. The molecular formula is C18H21N5O3. The average molecular weight is 355 g/mol. The average Bonchev–Trinajstić information content (AvgIpc) is 3.08. The number of hydrogen-bond donors (Lipinski definition) is 1. The molecule has 0 aliphatic carbocycles. The van der Waals surface area contributed by atoms with Crippen molar-refractivity contribution in [3.8, 4) is 0 Å². The topological polar surface area (TPSA) is 97.3 Å². The molecular weight excluding hydrogens is 334 g/mol. The van der Waals surface area contributed by atoms with Gasteiger partial charge < -0.3 is 19.9 Å². The lowest BCUT2D eigenvalue weighted by atomic mass is 9.95. The highest BCUT2D eigenvalue weighted by Gasteiger charge is 2.44. The van der Waals surface area contributed by atoms with Crippen molar-refractivity contribution >= 4 is 17.0 Å². The van der Waals surface area contributed by atoms with Gasteiger partial charge in [0, 0.05) is 7.11 Å². The fraction of sp³-hybridized carbons (Fsp3) is 0.389. The molecule has 3 heterocycles. The number of benzene rings is 1. The Kier molecular flexibility index (Phi) is 4.79. The Balaban J connectivity index is 1.43. The van der Waals surface area contributed by atoms with E-state index in [2.05, 4.69) is 15.0 Å². The second-order valence-corrected chi connectivity index (χ2v) is 6.27. The number of rotatable bonds is 7. The maximum atomic E-state index is 6.05. The Bertz CT molecular complexity index is 870. The fourth-order valence-corrected chi connectivity index (χ4v) is 3.22. The summed E-state index contributed by atoms with van der Waals surface area (Å²) in [5.41, 5.74) is 8.24. The van der Waals surface area contributed by atoms with Crippen molar-refractivity contribution in [1.82, 2.24) is 19.5 Å². The molecule has 1 aromatic carbocycles. The molecule has 0 bridgehead atoms. The van der Waals surface area contributed by atoms with Crippen LogP contribution in [0, 0.1) is 5.92 Å². The third kappa shape index (κ3) is 3.14. The summed E-state index contributed by atoms with van der Waals surface area (Å²) in [5, 5.41) is 0. The Morgan fingerprint density at radius 3 is 2.81 bits per heavy atom. The first-order chi connectivity index (χ1) is 12.8. The zero-order chi connectivity index (χ0) is 17.9. The van der Waals surface area contributed by atoms with Gasteiger partial charge in [0.15, 0.2) is 11.5 Å². The van der Waals surface area contributed by atoms with Crippen LogP contribution in [0.3, 0.4) is 0 Å². The van der Waals surface area contributed by atoms with Crippen LogP contribution in [0.1, 0.15) is 11.8 Å². The summed E-state index contributed by atoms with van der Waals surface area (Å²) in [7, 11) is 1.68. The highest BCUT2D eigenvalue weighted by Crippen LogP contribution is 2.39. The van der Waals surface area contributed by atoms with Gasteiger partial charge in [0.25, 0.3) is 0 Å². The summed E-state index contributed by atoms with van der Waals surface area (Å²) in [6.45, 7) is 1.62. The highest BCUT2D eigenvalue weighted by molar-refractivity contribution is 5.81. The first kappa shape index (κ1) is 16.9. The number of hydrogen-bond acceptors (Lipinski definition) is 7. The third-order valence-corrected chi connectivity index (χ3v) is 4.57. The zero-order valence-corrected chi connectivity index (χ0v) is 14.5. The Hall–Kier alpha value is -2.55. The highest BCUT2D eigenvalue weighted by atomic mass is 16.6. The van der Waals surface area contributed by atoms with Crippen LogP contribution >= 0.6 is 0 Å². The van der Waals surface area contributed by atoms with Gasteiger partial charge in [-0.1, -0.05) is 30.3 Å². The van der Waals surface area contributed by atoms with Gasteiger partial charge in [0.2, 0.25) is 0 Å². The van der Waals surface area contributed by atoms with E-state index in [4.69, 9.17) is 19.9 Å². The summed E-state index contributed by atoms with van der Waals surface area (Å²) < 4.78 is 19.1. The predicted octanol–water partition coefficient (Wildman–Crippen LogP) is 1.79. The van der Waals surface area contributed by atoms with Crippen molar-refractivity contribution in [3.05, 3.63) is 48.5 Å². The maximum Gasteiger partial charge on any atom is 0.167 e. The van der Waals surface area contributed by atoms with Gasteiger partial charge in [0.1, 0.15) is 18.1 Å². The van der Waals surface area contributed by atoms with Crippen LogP contribution in [0.2, 0.25) is 0 Å². The summed E-state index contributed by atoms with van der Waals surface area (Å²) in [4.78, 5) is 12.6. The molecule has 1 saturated heterocycles. The molecule has 4 rings (SSSR count). The summed E-state index contributed by atoms with van der Waals surface area (Å²) >= 11 is 0. The molecule has 2 aromatic heterocycles. The number of nitrogens with two attached hydrogens (primary N) is 1. The summed E-state index contributed by atoms with van der Waals surface area (Å²) in [6.07, 6.45) is 2.87. The lowest BCUT2D eigenvalue weighted by Crippen LogP contribution is -2.50. The lowest BCUT2D eigenvalue weighted by molar-refractivity contribution is -0.251. The largest absolute Gasteiger partial charge is 0.384 e. The van der Waals surface area contributed by atoms with Gasteiger partial charge in [-0.25, -0.2) is 15.0 Å². The molecule has 8 nitrogen and oxygen atoms in total. The fourth-order valence-electron chi connectivity index (χ4n) is 3.22. The summed E-state index contributed by atoms with van der Waals surface area (Å²) in [5.74, 6) is 0.503. The van der Waals surface area contributed by atoms with E-state index in [-0.39, 0.29) is 18.2 Å². The van der Waals surface area contributed by atoms with Crippen LogP contribution in [0.25, 0.3) is 11.2 Å². The minimum Gasteiger partial charge on any atom is -0.384 e. The number of anilines is 1. The SMILES string of the molecule is COC[C@H]1[C@H](n2cnc3c(N)ncnc32)O[C@@H]1COCc1ccccc1. The van der Waals surface area contributed by atoms with Crippen LogP contribution < -0.4 is 5.73 Å². The molecule has 1 fully saturated rings. The predicted molar refractivity (Wildman–Crippen MR) is 95.1 cm³/mol. The number of fused-ring (bicyclic) bond motifs is 1. The molecule has 1 aliphatic rings. The number of nitrogen functional groups attached to an aromatic ring is 1. The van der Waals surface area contributed by atoms with Crippen molar-refractivity contribution in [1.29, 1.82) is 0 Å². The Labute approximate surface area is 150 Å². The van der Waals surface area contributed by atoms with Gasteiger partial charge >= 0.3 is 0 Å². The minimum atomic E-state index is -0.209. The normalized spacial score (nSPS) is 22.4. The van der Waals surface area contributed by atoms with Crippen molar-refractivity contribution in [2.45, 2.75) is 18.9 Å². The molecule has 3 atom stereocenters. The van der Waals surface area contributed by atoms with E-state index >= 15 is 0 Å². The van der Waals surface area contributed by atoms with Gasteiger partial charge in [-0.15, -0.1) is 0 Å². The van der Waals surface area contributed by atoms with Gasteiger partial charge in [-0.2, -0.15) is 0 Å². The van der Waals surface area contributed by atoms with E-state index in [1.165, 1.54) is 6.33 Å². The molecule has 0 spiro atoms. The van der Waals surface area contributed by atoms with E-state index in [1.54, 1.807) is 13.4 Å². The molecule has 26 heavy (non-hydrogen) atoms. The standard InChI is InChI=1S/C18H21N5O3/c1-24-8-13-14(9-25-7-12-5-3-2-4-6-12)26-18(13)23-11-22-15-16(19)20-10-21-17(15)23/h2-6,10-11,13-14,18H,7-9H2,1H3,(H2,19,20,21)/t13-,14-,18-/m1/s1. The van der Waals surface area contributed by atoms with Crippen molar-refractivity contribution < 1.29 is 14.2 Å². The second-order valence-electron chi connectivity index (χ2n) is 6.27. The van der Waals surface area contributed by atoms with Crippen LogP contribution in [-0.4, -0.2) is 45.9 Å². The molecule has 1 aliphatic heterocycles. The van der Waals surface area contributed by atoms with Gasteiger partial charge in [-0.3, -0.25) is 4.57 Å². The maximum absolute atomic E-state index is 6.05. The second kappa shape index (κ2) is 7.36. The molecule has 0 amide bonds. The van der Waals surface area contributed by atoms with E-state index < -0.39 is 0 Å². The van der Waals surface area contributed by atoms with Crippen molar-refractivity contribution in [2.24, 2.45) is 5.92 Å². The van der Waals surface area contributed by atoms with Gasteiger partial charge in [0.05, 0.1) is 38.2 Å². The van der Waals surface area contributed by atoms with Crippen LogP contribution in [0.5, 0.6) is 0 Å². The number of ether oxygens (including phenoxy) is 3. The van der Waals surface area contributed by atoms with Crippen LogP contribution in [-0.2, 0) is 20.8 Å². The number of methoxy groups -OCH3 is 1. The van der Waals surface area contributed by atoms with Gasteiger partial charge in [-0.05, 0) is 5.56 Å². The third-order valence-electron chi connectivity index (χ3n) is 4.57. The van der Waals surface area contributed by atoms with E-state index in [0.717, 1.165) is 5.56 Å². The first-order valence-corrected chi connectivity index (χ1v) is 8.47.